The molecule has 0 spiro atoms. The predicted octanol–water partition coefficient (Wildman–Crippen LogP) is 5.36. The fourth-order valence-electron chi connectivity index (χ4n) is 3.17. The Morgan fingerprint density at radius 2 is 1.42 bits per heavy atom. The minimum absolute atomic E-state index is 0.692. The van der Waals surface area contributed by atoms with Crippen LogP contribution in [-0.2, 0) is 25.7 Å². The highest BCUT2D eigenvalue weighted by Crippen LogP contribution is 2.29. The maximum atomic E-state index is 6.29. The summed E-state index contributed by atoms with van der Waals surface area (Å²) in [6, 6.07) is 17.6. The van der Waals surface area contributed by atoms with Crippen molar-refractivity contribution in [1.29, 1.82) is 0 Å². The quantitative estimate of drug-likeness (QED) is 0.682. The fourth-order valence-corrected chi connectivity index (χ4v) is 3.32. The van der Waals surface area contributed by atoms with Gasteiger partial charge in [-0.3, -0.25) is 4.98 Å². The van der Waals surface area contributed by atoms with Crippen LogP contribution in [0.4, 0.5) is 11.4 Å². The van der Waals surface area contributed by atoms with Crippen LogP contribution in [0.25, 0.3) is 0 Å². The SMILES string of the molecule is Clc1ccncc1Nc1cc2ccc1CCc1ccc(cc1)CC2. The molecule has 4 aliphatic rings. The Morgan fingerprint density at radius 3 is 2.17 bits per heavy atom. The van der Waals surface area contributed by atoms with E-state index in [0.717, 1.165) is 37.1 Å². The Labute approximate surface area is 147 Å². The molecule has 4 bridgehead atoms. The second kappa shape index (κ2) is 6.66. The molecule has 3 aromatic rings. The number of pyridine rings is 1. The smallest absolute Gasteiger partial charge is 0.0760 e. The first-order chi connectivity index (χ1) is 11.8. The number of anilines is 2. The van der Waals surface area contributed by atoms with Crippen molar-refractivity contribution in [2.75, 3.05) is 5.32 Å². The molecule has 120 valence electrons. The highest BCUT2D eigenvalue weighted by atomic mass is 35.5. The number of hydrogen-bond acceptors (Lipinski definition) is 2. The maximum Gasteiger partial charge on any atom is 0.0760 e. The lowest BCUT2D eigenvalue weighted by atomic mass is 9.95. The van der Waals surface area contributed by atoms with Crippen LogP contribution < -0.4 is 5.32 Å². The van der Waals surface area contributed by atoms with E-state index in [4.69, 9.17) is 11.6 Å². The van der Waals surface area contributed by atoms with Crippen molar-refractivity contribution in [3.05, 3.63) is 88.2 Å². The third-order valence-corrected chi connectivity index (χ3v) is 4.95. The summed E-state index contributed by atoms with van der Waals surface area (Å²) in [7, 11) is 0. The molecule has 0 radical (unpaired) electrons. The molecular formula is C21H19ClN2. The first-order valence-corrected chi connectivity index (χ1v) is 8.72. The first-order valence-electron chi connectivity index (χ1n) is 8.34. The summed E-state index contributed by atoms with van der Waals surface area (Å²) in [6.07, 6.45) is 7.62. The zero-order valence-corrected chi connectivity index (χ0v) is 14.2. The van der Waals surface area contributed by atoms with E-state index >= 15 is 0 Å². The average molecular weight is 335 g/mol. The summed E-state index contributed by atoms with van der Waals surface area (Å²) in [4.78, 5) is 4.17. The van der Waals surface area contributed by atoms with E-state index in [2.05, 4.69) is 52.8 Å². The van der Waals surface area contributed by atoms with Crippen molar-refractivity contribution in [1.82, 2.24) is 4.98 Å². The van der Waals surface area contributed by atoms with Gasteiger partial charge >= 0.3 is 0 Å². The van der Waals surface area contributed by atoms with Crippen molar-refractivity contribution >= 4 is 23.0 Å². The molecule has 0 atom stereocenters. The second-order valence-electron chi connectivity index (χ2n) is 6.29. The van der Waals surface area contributed by atoms with Crippen LogP contribution in [0.5, 0.6) is 0 Å². The number of benzene rings is 2. The molecule has 7 rings (SSSR count). The van der Waals surface area contributed by atoms with Crippen LogP contribution in [-0.4, -0.2) is 4.98 Å². The van der Waals surface area contributed by atoms with E-state index in [9.17, 15) is 0 Å². The summed E-state index contributed by atoms with van der Waals surface area (Å²) in [5.41, 5.74) is 7.42. The molecule has 1 heterocycles. The zero-order chi connectivity index (χ0) is 16.4. The van der Waals surface area contributed by atoms with Gasteiger partial charge in [-0.25, -0.2) is 0 Å². The lowest BCUT2D eigenvalue weighted by Gasteiger charge is -2.16. The predicted molar refractivity (Wildman–Crippen MR) is 100 cm³/mol. The molecule has 0 aliphatic heterocycles. The standard InChI is InChI=1S/C21H19ClN2/c22-19-11-12-23-14-21(19)24-20-13-17-6-5-15-1-3-16(4-2-15)7-9-18(20)10-8-17/h1-4,8,10-14,24H,5-7,9H2. The summed E-state index contributed by atoms with van der Waals surface area (Å²) >= 11 is 6.29. The van der Waals surface area contributed by atoms with Crippen LogP contribution in [0, 0.1) is 0 Å². The van der Waals surface area contributed by atoms with Crippen molar-refractivity contribution in [2.45, 2.75) is 25.7 Å². The van der Waals surface area contributed by atoms with Crippen LogP contribution in [0.2, 0.25) is 5.02 Å². The Bertz CT molecular complexity index is 856. The molecule has 1 aromatic heterocycles. The van der Waals surface area contributed by atoms with E-state index in [0.29, 0.717) is 5.02 Å². The van der Waals surface area contributed by atoms with Gasteiger partial charge in [0, 0.05) is 11.9 Å². The summed E-state index contributed by atoms with van der Waals surface area (Å²) in [5.74, 6) is 0. The highest BCUT2D eigenvalue weighted by molar-refractivity contribution is 6.33. The molecule has 0 fully saturated rings. The van der Waals surface area contributed by atoms with Crippen LogP contribution in [0.3, 0.4) is 0 Å². The van der Waals surface area contributed by atoms with Gasteiger partial charge in [0.15, 0.2) is 0 Å². The first kappa shape index (κ1) is 15.2. The van der Waals surface area contributed by atoms with Gasteiger partial charge in [-0.05, 0) is 60.1 Å². The monoisotopic (exact) mass is 334 g/mol. The van der Waals surface area contributed by atoms with E-state index in [1.165, 1.54) is 22.3 Å². The molecule has 2 nitrogen and oxygen atoms in total. The average Bonchev–Trinajstić information content (AvgIpc) is 2.60. The van der Waals surface area contributed by atoms with Gasteiger partial charge in [-0.2, -0.15) is 0 Å². The van der Waals surface area contributed by atoms with Gasteiger partial charge in [0.25, 0.3) is 0 Å². The zero-order valence-electron chi connectivity index (χ0n) is 13.4. The molecule has 2 aromatic carbocycles. The third-order valence-electron chi connectivity index (χ3n) is 4.62. The molecule has 0 amide bonds. The van der Waals surface area contributed by atoms with Crippen molar-refractivity contribution in [3.8, 4) is 0 Å². The van der Waals surface area contributed by atoms with Crippen LogP contribution in [0.1, 0.15) is 22.3 Å². The molecule has 24 heavy (non-hydrogen) atoms. The lowest BCUT2D eigenvalue weighted by Crippen LogP contribution is -2.03. The van der Waals surface area contributed by atoms with Crippen LogP contribution >= 0.6 is 11.6 Å². The number of nitrogens with zero attached hydrogens (tertiary/aromatic N) is 1. The minimum Gasteiger partial charge on any atom is -0.353 e. The van der Waals surface area contributed by atoms with Gasteiger partial charge in [-0.15, -0.1) is 0 Å². The number of aryl methyl sites for hydroxylation is 4. The summed E-state index contributed by atoms with van der Waals surface area (Å²) < 4.78 is 0. The van der Waals surface area contributed by atoms with Crippen molar-refractivity contribution in [2.24, 2.45) is 0 Å². The Balaban J connectivity index is 1.69. The van der Waals surface area contributed by atoms with E-state index < -0.39 is 0 Å². The number of aromatic nitrogens is 1. The topological polar surface area (TPSA) is 24.9 Å². The Morgan fingerprint density at radius 1 is 0.750 bits per heavy atom. The normalized spacial score (nSPS) is 13.4. The van der Waals surface area contributed by atoms with Gasteiger partial charge in [0.1, 0.15) is 0 Å². The Kier molecular flexibility index (Phi) is 4.22. The molecule has 1 N–H and O–H groups in total. The molecule has 0 saturated heterocycles. The second-order valence-corrected chi connectivity index (χ2v) is 6.70. The summed E-state index contributed by atoms with van der Waals surface area (Å²) in [5, 5.41) is 4.17. The van der Waals surface area contributed by atoms with Gasteiger partial charge < -0.3 is 5.32 Å². The maximum absolute atomic E-state index is 6.29. The number of nitrogens with one attached hydrogen (secondary N) is 1. The van der Waals surface area contributed by atoms with Gasteiger partial charge in [0.2, 0.25) is 0 Å². The number of hydrogen-bond donors (Lipinski definition) is 1. The largest absolute Gasteiger partial charge is 0.353 e. The minimum atomic E-state index is 0.692. The van der Waals surface area contributed by atoms with Gasteiger partial charge in [0.05, 0.1) is 16.9 Å². The number of rotatable bonds is 2. The van der Waals surface area contributed by atoms with E-state index in [-0.39, 0.29) is 0 Å². The highest BCUT2D eigenvalue weighted by Gasteiger charge is 2.09. The molecule has 3 heteroatoms. The molecule has 0 saturated carbocycles. The van der Waals surface area contributed by atoms with Crippen LogP contribution in [0.15, 0.2) is 60.9 Å². The fraction of sp³-hybridized carbons (Fsp3) is 0.190. The van der Waals surface area contributed by atoms with Crippen molar-refractivity contribution in [3.63, 3.8) is 0 Å². The lowest BCUT2D eigenvalue weighted by molar-refractivity contribution is 0.923. The van der Waals surface area contributed by atoms with E-state index in [1.807, 2.05) is 6.07 Å². The molecular weight excluding hydrogens is 316 g/mol. The Hall–Kier alpha value is -2.32. The van der Waals surface area contributed by atoms with Crippen molar-refractivity contribution < 1.29 is 0 Å². The van der Waals surface area contributed by atoms with E-state index in [1.54, 1.807) is 12.4 Å². The van der Waals surface area contributed by atoms with Gasteiger partial charge in [-0.1, -0.05) is 48.0 Å². The summed E-state index contributed by atoms with van der Waals surface area (Å²) in [6.45, 7) is 0. The molecule has 4 aliphatic carbocycles. The third kappa shape index (κ3) is 3.29. The number of halogens is 1. The molecule has 0 unspecified atom stereocenters.